The summed E-state index contributed by atoms with van der Waals surface area (Å²) in [6.45, 7) is 1.44. The van der Waals surface area contributed by atoms with Crippen molar-refractivity contribution in [3.05, 3.63) is 119 Å². The van der Waals surface area contributed by atoms with Crippen molar-refractivity contribution >= 4 is 11.5 Å². The van der Waals surface area contributed by atoms with E-state index in [1.807, 2.05) is 42.6 Å². The fourth-order valence-electron chi connectivity index (χ4n) is 4.62. The Balaban J connectivity index is 1.42. The highest BCUT2D eigenvalue weighted by molar-refractivity contribution is 5.75. The van der Waals surface area contributed by atoms with Crippen LogP contribution in [0, 0.1) is 0 Å². The molecule has 2 aromatic carbocycles. The van der Waals surface area contributed by atoms with Crippen LogP contribution in [-0.4, -0.2) is 15.9 Å². The second-order valence-corrected chi connectivity index (χ2v) is 8.47. The Morgan fingerprint density at radius 3 is 2.71 bits per heavy atom. The summed E-state index contributed by atoms with van der Waals surface area (Å²) in [5.74, 6) is 0.925. The van der Waals surface area contributed by atoms with Crippen molar-refractivity contribution in [3.8, 4) is 5.75 Å². The third kappa shape index (κ3) is 4.69. The fraction of sp³-hybridized carbons (Fsp3) is 0.207. The summed E-state index contributed by atoms with van der Waals surface area (Å²) < 4.78 is 11.4. The number of oxazole rings is 1. The SMILES string of the molecule is CC(=O)Oc1cccc2c1CCCC2=CCc1coc(C(c2ccccc2)c2cccnc2)n1. The van der Waals surface area contributed by atoms with E-state index in [-0.39, 0.29) is 11.9 Å². The quantitative estimate of drug-likeness (QED) is 0.261. The number of aromatic nitrogens is 2. The zero-order chi connectivity index (χ0) is 23.3. The summed E-state index contributed by atoms with van der Waals surface area (Å²) in [5.41, 5.74) is 6.56. The van der Waals surface area contributed by atoms with Gasteiger partial charge < -0.3 is 9.15 Å². The number of nitrogens with zero attached hydrogens (tertiary/aromatic N) is 2. The molecule has 5 nitrogen and oxygen atoms in total. The van der Waals surface area contributed by atoms with E-state index in [0.717, 1.165) is 47.2 Å². The molecule has 0 saturated heterocycles. The zero-order valence-electron chi connectivity index (χ0n) is 19.1. The molecule has 5 heteroatoms. The summed E-state index contributed by atoms with van der Waals surface area (Å²) in [4.78, 5) is 20.6. The number of pyridine rings is 1. The smallest absolute Gasteiger partial charge is 0.308 e. The van der Waals surface area contributed by atoms with Gasteiger partial charge in [0.25, 0.3) is 0 Å². The molecule has 0 bridgehead atoms. The summed E-state index contributed by atoms with van der Waals surface area (Å²) >= 11 is 0. The van der Waals surface area contributed by atoms with Crippen molar-refractivity contribution in [2.75, 3.05) is 0 Å². The molecule has 0 N–H and O–H groups in total. The number of hydrogen-bond acceptors (Lipinski definition) is 5. The van der Waals surface area contributed by atoms with E-state index in [2.05, 4.69) is 35.3 Å². The maximum Gasteiger partial charge on any atom is 0.308 e. The molecule has 0 radical (unpaired) electrons. The van der Waals surface area contributed by atoms with Gasteiger partial charge in [0, 0.05) is 31.3 Å². The van der Waals surface area contributed by atoms with Gasteiger partial charge in [0.05, 0.1) is 11.6 Å². The summed E-state index contributed by atoms with van der Waals surface area (Å²) in [6.07, 6.45) is 11.2. The molecule has 0 amide bonds. The van der Waals surface area contributed by atoms with Gasteiger partial charge in [-0.15, -0.1) is 0 Å². The van der Waals surface area contributed by atoms with Crippen LogP contribution in [0.4, 0.5) is 0 Å². The first-order chi connectivity index (χ1) is 16.7. The van der Waals surface area contributed by atoms with Crippen molar-refractivity contribution in [1.82, 2.24) is 9.97 Å². The molecule has 0 spiro atoms. The lowest BCUT2D eigenvalue weighted by Crippen LogP contribution is -2.09. The summed E-state index contributed by atoms with van der Waals surface area (Å²) in [5, 5.41) is 0. The van der Waals surface area contributed by atoms with Crippen molar-refractivity contribution in [1.29, 1.82) is 0 Å². The molecule has 2 heterocycles. The lowest BCUT2D eigenvalue weighted by atomic mass is 9.86. The molecule has 1 unspecified atom stereocenters. The van der Waals surface area contributed by atoms with E-state index >= 15 is 0 Å². The molecule has 1 aliphatic carbocycles. The highest BCUT2D eigenvalue weighted by atomic mass is 16.5. The lowest BCUT2D eigenvalue weighted by Gasteiger charge is -2.21. The first kappa shape index (κ1) is 21.8. The Kier molecular flexibility index (Phi) is 6.34. The number of ether oxygens (including phenoxy) is 1. The van der Waals surface area contributed by atoms with Crippen LogP contribution in [0.15, 0.2) is 89.8 Å². The topological polar surface area (TPSA) is 65.2 Å². The van der Waals surface area contributed by atoms with Crippen LogP contribution < -0.4 is 4.74 Å². The standard InChI is InChI=1S/C29H26N2O3/c1-20(32)34-27-14-6-12-25-21(10-5-13-26(25)27)15-16-24-19-33-29(31-24)28(22-8-3-2-4-9-22)23-11-7-17-30-18-23/h2-4,6-9,11-12,14-15,17-19,28H,5,10,13,16H2,1H3. The molecule has 170 valence electrons. The van der Waals surface area contributed by atoms with Gasteiger partial charge >= 0.3 is 5.97 Å². The summed E-state index contributed by atoms with van der Waals surface area (Å²) in [6, 6.07) is 20.1. The van der Waals surface area contributed by atoms with E-state index in [0.29, 0.717) is 18.1 Å². The van der Waals surface area contributed by atoms with Crippen molar-refractivity contribution in [3.63, 3.8) is 0 Å². The number of rotatable bonds is 6. The number of benzene rings is 2. The molecular weight excluding hydrogens is 424 g/mol. The third-order valence-electron chi connectivity index (χ3n) is 6.13. The number of esters is 1. The Morgan fingerprint density at radius 2 is 1.91 bits per heavy atom. The molecule has 1 aliphatic rings. The van der Waals surface area contributed by atoms with Crippen LogP contribution in [-0.2, 0) is 17.6 Å². The Bertz CT molecular complexity index is 1270. The number of carbonyl (C=O) groups excluding carboxylic acids is 1. The first-order valence-electron chi connectivity index (χ1n) is 11.6. The lowest BCUT2D eigenvalue weighted by molar-refractivity contribution is -0.131. The van der Waals surface area contributed by atoms with Crippen molar-refractivity contribution in [2.45, 2.75) is 38.5 Å². The largest absolute Gasteiger partial charge is 0.448 e. The zero-order valence-corrected chi connectivity index (χ0v) is 19.1. The average molecular weight is 451 g/mol. The predicted octanol–water partition coefficient (Wildman–Crippen LogP) is 6.14. The van der Waals surface area contributed by atoms with E-state index < -0.39 is 0 Å². The number of carbonyl (C=O) groups is 1. The number of fused-ring (bicyclic) bond motifs is 1. The van der Waals surface area contributed by atoms with Crippen LogP contribution in [0.25, 0.3) is 5.57 Å². The van der Waals surface area contributed by atoms with Crippen LogP contribution in [0.2, 0.25) is 0 Å². The van der Waals surface area contributed by atoms with Crippen molar-refractivity contribution in [2.24, 2.45) is 0 Å². The van der Waals surface area contributed by atoms with Crippen LogP contribution >= 0.6 is 0 Å². The predicted molar refractivity (Wildman–Crippen MR) is 130 cm³/mol. The summed E-state index contributed by atoms with van der Waals surface area (Å²) in [7, 11) is 0. The van der Waals surface area contributed by atoms with Gasteiger partial charge in [0.1, 0.15) is 12.0 Å². The number of hydrogen-bond donors (Lipinski definition) is 0. The maximum absolute atomic E-state index is 11.5. The molecule has 0 saturated carbocycles. The Hall–Kier alpha value is -3.99. The van der Waals surface area contributed by atoms with Gasteiger partial charge in [-0.05, 0) is 53.7 Å². The van der Waals surface area contributed by atoms with E-state index in [4.69, 9.17) is 14.1 Å². The van der Waals surface area contributed by atoms with Gasteiger partial charge in [0.15, 0.2) is 0 Å². The monoisotopic (exact) mass is 450 g/mol. The normalized spacial score (nSPS) is 15.0. The van der Waals surface area contributed by atoms with E-state index in [1.54, 1.807) is 12.5 Å². The van der Waals surface area contributed by atoms with Gasteiger partial charge in [0.2, 0.25) is 5.89 Å². The minimum absolute atomic E-state index is 0.113. The average Bonchev–Trinajstić information content (AvgIpc) is 3.32. The van der Waals surface area contributed by atoms with Gasteiger partial charge in [-0.2, -0.15) is 0 Å². The maximum atomic E-state index is 11.5. The molecule has 0 aliphatic heterocycles. The Morgan fingerprint density at radius 1 is 1.06 bits per heavy atom. The number of allylic oxidation sites excluding steroid dienone is 2. The van der Waals surface area contributed by atoms with E-state index in [1.165, 1.54) is 12.5 Å². The van der Waals surface area contributed by atoms with Gasteiger partial charge in [-0.3, -0.25) is 9.78 Å². The molecule has 4 aromatic rings. The molecule has 0 fully saturated rings. The molecular formula is C29H26N2O3. The molecule has 1 atom stereocenters. The Labute approximate surface area is 199 Å². The minimum atomic E-state index is -0.291. The van der Waals surface area contributed by atoms with Gasteiger partial charge in [-0.1, -0.05) is 54.6 Å². The highest BCUT2D eigenvalue weighted by Crippen LogP contribution is 2.36. The first-order valence-corrected chi connectivity index (χ1v) is 11.6. The van der Waals surface area contributed by atoms with Crippen LogP contribution in [0.1, 0.15) is 59.5 Å². The van der Waals surface area contributed by atoms with Crippen molar-refractivity contribution < 1.29 is 13.9 Å². The highest BCUT2D eigenvalue weighted by Gasteiger charge is 2.23. The molecule has 2 aromatic heterocycles. The van der Waals surface area contributed by atoms with Crippen LogP contribution in [0.3, 0.4) is 0 Å². The minimum Gasteiger partial charge on any atom is -0.448 e. The fourth-order valence-corrected chi connectivity index (χ4v) is 4.62. The van der Waals surface area contributed by atoms with Gasteiger partial charge in [-0.25, -0.2) is 4.98 Å². The second-order valence-electron chi connectivity index (χ2n) is 8.47. The second kappa shape index (κ2) is 9.87. The molecule has 34 heavy (non-hydrogen) atoms. The third-order valence-corrected chi connectivity index (χ3v) is 6.13. The van der Waals surface area contributed by atoms with Crippen LogP contribution in [0.5, 0.6) is 5.75 Å². The molecule has 5 rings (SSSR count). The van der Waals surface area contributed by atoms with E-state index in [9.17, 15) is 4.79 Å².